The quantitative estimate of drug-likeness (QED) is 0.540. The van der Waals surface area contributed by atoms with Crippen molar-refractivity contribution in [3.8, 4) is 0 Å². The number of nitrogens with zero attached hydrogens (tertiary/aromatic N) is 2. The molecule has 1 unspecified atom stereocenters. The molecular weight excluding hydrogens is 395 g/mol. The molecule has 0 aliphatic carbocycles. The number of carbonyl (C=O) groups is 1. The van der Waals surface area contributed by atoms with Crippen molar-refractivity contribution in [1.82, 2.24) is 9.97 Å². The first-order valence-electron chi connectivity index (χ1n) is 9.01. The summed E-state index contributed by atoms with van der Waals surface area (Å²) in [6.07, 6.45) is -1.53. The lowest BCUT2D eigenvalue weighted by atomic mass is 10.1. The lowest BCUT2D eigenvalue weighted by molar-refractivity contribution is -0.134. The first-order chi connectivity index (χ1) is 14.2. The fourth-order valence-corrected chi connectivity index (χ4v) is 2.87. The number of amides is 1. The van der Waals surface area contributed by atoms with E-state index in [4.69, 9.17) is 5.73 Å². The molecule has 1 amide bonds. The number of para-hydroxylation sites is 1. The number of halogens is 3. The van der Waals surface area contributed by atoms with Gasteiger partial charge in [0, 0.05) is 35.8 Å². The van der Waals surface area contributed by atoms with Crippen LogP contribution in [0, 0.1) is 0 Å². The Bertz CT molecular complexity index is 1100. The average Bonchev–Trinajstić information content (AvgIpc) is 2.70. The van der Waals surface area contributed by atoms with Crippen molar-refractivity contribution >= 4 is 34.0 Å². The third-order valence-corrected chi connectivity index (χ3v) is 4.34. The fourth-order valence-electron chi connectivity index (χ4n) is 2.87. The second-order valence-electron chi connectivity index (χ2n) is 6.81. The van der Waals surface area contributed by atoms with E-state index in [1.807, 2.05) is 18.2 Å². The largest absolute Gasteiger partial charge is 0.399 e. The normalized spacial score (nSPS) is 12.4. The van der Waals surface area contributed by atoms with Crippen LogP contribution in [0.25, 0.3) is 16.6 Å². The van der Waals surface area contributed by atoms with Gasteiger partial charge in [0.1, 0.15) is 12.1 Å². The Kier molecular flexibility index (Phi) is 5.91. The first kappa shape index (κ1) is 21.1. The standard InChI is InChI=1S/C21H20F3N5O/c1-12(25)15-7-4-8-16-17(15)27-11-28-19(16)26-10-13-5-3-6-14(9-13)29-20(30)18(22)21(2,23)24/h3-9,11,18H,1,10,25H2,2H3,(H,29,30)(H,26,27,28). The van der Waals surface area contributed by atoms with Crippen molar-refractivity contribution in [1.29, 1.82) is 0 Å². The molecule has 0 radical (unpaired) electrons. The van der Waals surface area contributed by atoms with Crippen molar-refractivity contribution in [2.75, 3.05) is 10.6 Å². The van der Waals surface area contributed by atoms with Gasteiger partial charge in [-0.2, -0.15) is 0 Å². The number of anilines is 2. The summed E-state index contributed by atoms with van der Waals surface area (Å²) < 4.78 is 39.5. The van der Waals surface area contributed by atoms with Crippen molar-refractivity contribution < 1.29 is 18.0 Å². The number of nitrogens with one attached hydrogen (secondary N) is 2. The van der Waals surface area contributed by atoms with Crippen LogP contribution in [0.4, 0.5) is 24.7 Å². The van der Waals surface area contributed by atoms with Gasteiger partial charge in [0.05, 0.1) is 5.52 Å². The summed E-state index contributed by atoms with van der Waals surface area (Å²) in [4.78, 5) is 20.2. The average molecular weight is 415 g/mol. The van der Waals surface area contributed by atoms with Crippen molar-refractivity contribution in [2.24, 2.45) is 5.73 Å². The Morgan fingerprint density at radius 3 is 2.67 bits per heavy atom. The van der Waals surface area contributed by atoms with Crippen molar-refractivity contribution in [3.63, 3.8) is 0 Å². The Labute approximate surface area is 171 Å². The van der Waals surface area contributed by atoms with E-state index in [0.717, 1.165) is 10.9 Å². The molecule has 0 aliphatic rings. The number of rotatable bonds is 7. The monoisotopic (exact) mass is 415 g/mol. The SMILES string of the molecule is C=C(N)c1cccc2c(NCc3cccc(NC(=O)C(F)C(C)(F)F)c3)ncnc12. The van der Waals surface area contributed by atoms with Crippen LogP contribution in [0.3, 0.4) is 0 Å². The fraction of sp³-hybridized carbons (Fsp3) is 0.190. The molecule has 0 spiro atoms. The molecule has 2 aromatic carbocycles. The van der Waals surface area contributed by atoms with E-state index >= 15 is 0 Å². The molecule has 3 rings (SSSR count). The minimum absolute atomic E-state index is 0.209. The van der Waals surface area contributed by atoms with Gasteiger partial charge in [-0.3, -0.25) is 4.79 Å². The van der Waals surface area contributed by atoms with Crippen LogP contribution in [-0.4, -0.2) is 28.0 Å². The highest BCUT2D eigenvalue weighted by atomic mass is 19.3. The first-order valence-corrected chi connectivity index (χ1v) is 9.01. The Hall–Kier alpha value is -3.62. The lowest BCUT2D eigenvalue weighted by Gasteiger charge is -2.16. The zero-order chi connectivity index (χ0) is 21.9. The van der Waals surface area contributed by atoms with Crippen LogP contribution in [0.2, 0.25) is 0 Å². The van der Waals surface area contributed by atoms with E-state index in [1.165, 1.54) is 12.4 Å². The molecule has 1 heterocycles. The van der Waals surface area contributed by atoms with Gasteiger partial charge < -0.3 is 16.4 Å². The maximum Gasteiger partial charge on any atom is 0.285 e. The van der Waals surface area contributed by atoms with Crippen molar-refractivity contribution in [3.05, 3.63) is 66.5 Å². The molecule has 0 fully saturated rings. The molecule has 4 N–H and O–H groups in total. The van der Waals surface area contributed by atoms with Crippen molar-refractivity contribution in [2.45, 2.75) is 25.6 Å². The van der Waals surface area contributed by atoms with Gasteiger partial charge in [0.25, 0.3) is 11.8 Å². The van der Waals surface area contributed by atoms with Gasteiger partial charge in [0.2, 0.25) is 6.17 Å². The van der Waals surface area contributed by atoms with E-state index in [2.05, 4.69) is 27.2 Å². The van der Waals surface area contributed by atoms with Crippen LogP contribution >= 0.6 is 0 Å². The summed E-state index contributed by atoms with van der Waals surface area (Å²) >= 11 is 0. The highest BCUT2D eigenvalue weighted by Crippen LogP contribution is 2.25. The minimum Gasteiger partial charge on any atom is -0.399 e. The molecule has 9 heteroatoms. The second kappa shape index (κ2) is 8.40. The molecular formula is C21H20F3N5O. The van der Waals surface area contributed by atoms with E-state index in [0.29, 0.717) is 36.1 Å². The third kappa shape index (κ3) is 4.68. The summed E-state index contributed by atoms with van der Waals surface area (Å²) in [5, 5.41) is 6.08. The number of hydrogen-bond acceptors (Lipinski definition) is 5. The van der Waals surface area contributed by atoms with Crippen LogP contribution in [0.1, 0.15) is 18.1 Å². The number of fused-ring (bicyclic) bond motifs is 1. The third-order valence-electron chi connectivity index (χ3n) is 4.34. The summed E-state index contributed by atoms with van der Waals surface area (Å²) in [6, 6.07) is 11.9. The molecule has 1 aromatic heterocycles. The van der Waals surface area contributed by atoms with Gasteiger partial charge >= 0.3 is 0 Å². The molecule has 0 bridgehead atoms. The Balaban J connectivity index is 1.76. The molecule has 0 saturated heterocycles. The van der Waals surface area contributed by atoms with Gasteiger partial charge in [-0.25, -0.2) is 23.1 Å². The lowest BCUT2D eigenvalue weighted by Crippen LogP contribution is -2.37. The molecule has 0 saturated carbocycles. The predicted octanol–water partition coefficient (Wildman–Crippen LogP) is 4.10. The van der Waals surface area contributed by atoms with Crippen LogP contribution < -0.4 is 16.4 Å². The number of alkyl halides is 3. The maximum absolute atomic E-state index is 13.5. The van der Waals surface area contributed by atoms with Crippen LogP contribution in [-0.2, 0) is 11.3 Å². The zero-order valence-corrected chi connectivity index (χ0v) is 16.1. The Morgan fingerprint density at radius 2 is 1.97 bits per heavy atom. The van der Waals surface area contributed by atoms with E-state index in [9.17, 15) is 18.0 Å². The summed E-state index contributed by atoms with van der Waals surface area (Å²) in [6.45, 7) is 4.42. The number of carbonyl (C=O) groups excluding carboxylic acids is 1. The van der Waals surface area contributed by atoms with E-state index in [1.54, 1.807) is 18.2 Å². The zero-order valence-electron chi connectivity index (χ0n) is 16.1. The summed E-state index contributed by atoms with van der Waals surface area (Å²) in [5.74, 6) is -4.60. The van der Waals surface area contributed by atoms with Gasteiger partial charge in [-0.1, -0.05) is 30.8 Å². The number of hydrogen-bond donors (Lipinski definition) is 3. The molecule has 0 aliphatic heterocycles. The van der Waals surface area contributed by atoms with Gasteiger partial charge in [-0.15, -0.1) is 0 Å². The molecule has 156 valence electrons. The van der Waals surface area contributed by atoms with Gasteiger partial charge in [0.15, 0.2) is 0 Å². The molecule has 30 heavy (non-hydrogen) atoms. The van der Waals surface area contributed by atoms with E-state index < -0.39 is 18.0 Å². The predicted molar refractivity (Wildman–Crippen MR) is 111 cm³/mol. The second-order valence-corrected chi connectivity index (χ2v) is 6.81. The smallest absolute Gasteiger partial charge is 0.285 e. The highest BCUT2D eigenvalue weighted by molar-refractivity contribution is 5.96. The Morgan fingerprint density at radius 1 is 1.23 bits per heavy atom. The number of nitrogens with two attached hydrogens (primary N) is 1. The highest BCUT2D eigenvalue weighted by Gasteiger charge is 2.40. The molecule has 3 aromatic rings. The number of benzene rings is 2. The topological polar surface area (TPSA) is 92.9 Å². The van der Waals surface area contributed by atoms with Crippen LogP contribution in [0.5, 0.6) is 0 Å². The van der Waals surface area contributed by atoms with E-state index in [-0.39, 0.29) is 5.69 Å². The minimum atomic E-state index is -3.76. The molecule has 1 atom stereocenters. The van der Waals surface area contributed by atoms with Gasteiger partial charge in [-0.05, 0) is 23.8 Å². The number of aromatic nitrogens is 2. The molecule has 6 nitrogen and oxygen atoms in total. The maximum atomic E-state index is 13.5. The summed E-state index contributed by atoms with van der Waals surface area (Å²) in [7, 11) is 0. The van der Waals surface area contributed by atoms with Crippen LogP contribution in [0.15, 0.2) is 55.4 Å². The summed E-state index contributed by atoms with van der Waals surface area (Å²) in [5.41, 5.74) is 8.49.